The van der Waals surface area contributed by atoms with E-state index in [2.05, 4.69) is 19.7 Å². The monoisotopic (exact) mass is 134 g/mol. The Morgan fingerprint density at radius 2 is 2.00 bits per heavy atom. The predicted octanol–water partition coefficient (Wildman–Crippen LogP) is 3.25. The van der Waals surface area contributed by atoms with Crippen LogP contribution in [0.15, 0.2) is 49.1 Å². The van der Waals surface area contributed by atoms with E-state index in [1.54, 1.807) is 0 Å². The molecule has 0 bridgehead atoms. The molecule has 0 radical (unpaired) electrons. The van der Waals surface area contributed by atoms with Crippen LogP contribution in [0.4, 0.5) is 0 Å². The predicted molar refractivity (Wildman–Crippen MR) is 47.9 cm³/mol. The Balaban J connectivity index is 3.98. The standard InChI is InChI=1S/C10H14/c1-5-7-10(4)8-9(3)6-2/h5-6,8H,1-2,4,7H2,3H3/b9-8-. The van der Waals surface area contributed by atoms with E-state index >= 15 is 0 Å². The van der Waals surface area contributed by atoms with E-state index in [0.29, 0.717) is 0 Å². The van der Waals surface area contributed by atoms with Crippen LogP contribution in [0.3, 0.4) is 0 Å². The van der Waals surface area contributed by atoms with Crippen molar-refractivity contribution < 1.29 is 0 Å². The number of hydrogen-bond acceptors (Lipinski definition) is 0. The lowest BCUT2D eigenvalue weighted by Crippen LogP contribution is -1.73. The highest BCUT2D eigenvalue weighted by Crippen LogP contribution is 2.04. The second-order valence-electron chi connectivity index (χ2n) is 2.24. The Morgan fingerprint density at radius 3 is 2.40 bits per heavy atom. The summed E-state index contributed by atoms with van der Waals surface area (Å²) in [5.74, 6) is 0. The lowest BCUT2D eigenvalue weighted by atomic mass is 10.1. The molecule has 0 unspecified atom stereocenters. The minimum atomic E-state index is 0.852. The van der Waals surface area contributed by atoms with Gasteiger partial charge in [0.05, 0.1) is 0 Å². The second-order valence-corrected chi connectivity index (χ2v) is 2.24. The molecular formula is C10H14. The van der Waals surface area contributed by atoms with Crippen molar-refractivity contribution in [1.29, 1.82) is 0 Å². The minimum absolute atomic E-state index is 0.852. The molecule has 0 aliphatic rings. The molecule has 54 valence electrons. The molecule has 0 heteroatoms. The largest absolute Gasteiger partial charge is 0.103 e. The Morgan fingerprint density at radius 1 is 1.40 bits per heavy atom. The lowest BCUT2D eigenvalue weighted by Gasteiger charge is -1.93. The molecule has 0 saturated heterocycles. The zero-order valence-electron chi connectivity index (χ0n) is 6.56. The lowest BCUT2D eigenvalue weighted by molar-refractivity contribution is 1.29. The van der Waals surface area contributed by atoms with Crippen molar-refractivity contribution in [1.82, 2.24) is 0 Å². The highest BCUT2D eigenvalue weighted by molar-refractivity contribution is 5.26. The average Bonchev–Trinajstić information content (AvgIpc) is 1.88. The summed E-state index contributed by atoms with van der Waals surface area (Å²) in [5.41, 5.74) is 2.22. The Kier molecular flexibility index (Phi) is 4.30. The van der Waals surface area contributed by atoms with Gasteiger partial charge in [0.1, 0.15) is 0 Å². The number of hydrogen-bond donors (Lipinski definition) is 0. The van der Waals surface area contributed by atoms with Crippen molar-refractivity contribution in [3.05, 3.63) is 49.1 Å². The second kappa shape index (κ2) is 4.80. The van der Waals surface area contributed by atoms with Crippen LogP contribution in [-0.2, 0) is 0 Å². The fourth-order valence-electron chi connectivity index (χ4n) is 0.625. The van der Waals surface area contributed by atoms with Gasteiger partial charge in [-0.25, -0.2) is 0 Å². The summed E-state index contributed by atoms with van der Waals surface area (Å²) in [6, 6.07) is 0. The summed E-state index contributed by atoms with van der Waals surface area (Å²) >= 11 is 0. The molecule has 0 amide bonds. The molecule has 0 aromatic carbocycles. The molecule has 0 rings (SSSR count). The smallest absolute Gasteiger partial charge is 0.0106 e. The first-order valence-electron chi connectivity index (χ1n) is 3.30. The first-order valence-corrected chi connectivity index (χ1v) is 3.30. The summed E-state index contributed by atoms with van der Waals surface area (Å²) in [4.78, 5) is 0. The van der Waals surface area contributed by atoms with E-state index in [-0.39, 0.29) is 0 Å². The van der Waals surface area contributed by atoms with Gasteiger partial charge >= 0.3 is 0 Å². The normalized spacial score (nSPS) is 10.7. The van der Waals surface area contributed by atoms with Crippen LogP contribution in [-0.4, -0.2) is 0 Å². The van der Waals surface area contributed by atoms with Gasteiger partial charge in [-0.3, -0.25) is 0 Å². The van der Waals surface area contributed by atoms with Crippen LogP contribution in [0, 0.1) is 0 Å². The first-order chi connectivity index (χ1) is 4.70. The van der Waals surface area contributed by atoms with E-state index in [0.717, 1.165) is 17.6 Å². The summed E-state index contributed by atoms with van der Waals surface area (Å²) in [7, 11) is 0. The first kappa shape index (κ1) is 8.96. The summed E-state index contributed by atoms with van der Waals surface area (Å²) in [5, 5.41) is 0. The third kappa shape index (κ3) is 3.90. The average molecular weight is 134 g/mol. The fraction of sp³-hybridized carbons (Fsp3) is 0.200. The zero-order valence-corrected chi connectivity index (χ0v) is 6.56. The van der Waals surface area contributed by atoms with Gasteiger partial charge in [-0.05, 0) is 13.3 Å². The molecule has 0 atom stereocenters. The molecular weight excluding hydrogens is 120 g/mol. The number of allylic oxidation sites excluding steroid dienone is 5. The Hall–Kier alpha value is -1.04. The maximum absolute atomic E-state index is 3.84. The Bertz CT molecular complexity index is 170. The van der Waals surface area contributed by atoms with Crippen molar-refractivity contribution in [3.8, 4) is 0 Å². The molecule has 0 heterocycles. The highest BCUT2D eigenvalue weighted by Gasteiger charge is 1.84. The Labute approximate surface area is 63.3 Å². The van der Waals surface area contributed by atoms with Gasteiger partial charge in [0, 0.05) is 0 Å². The quantitative estimate of drug-likeness (QED) is 0.409. The van der Waals surface area contributed by atoms with Crippen molar-refractivity contribution >= 4 is 0 Å². The topological polar surface area (TPSA) is 0 Å². The van der Waals surface area contributed by atoms with Crippen LogP contribution in [0.5, 0.6) is 0 Å². The van der Waals surface area contributed by atoms with Crippen molar-refractivity contribution in [2.75, 3.05) is 0 Å². The molecule has 0 N–H and O–H groups in total. The molecule has 0 nitrogen and oxygen atoms in total. The maximum atomic E-state index is 3.84. The fourth-order valence-corrected chi connectivity index (χ4v) is 0.625. The van der Waals surface area contributed by atoms with Gasteiger partial charge in [0.2, 0.25) is 0 Å². The van der Waals surface area contributed by atoms with Crippen molar-refractivity contribution in [3.63, 3.8) is 0 Å². The molecule has 0 spiro atoms. The van der Waals surface area contributed by atoms with Gasteiger partial charge in [-0.1, -0.05) is 42.5 Å². The van der Waals surface area contributed by atoms with Crippen molar-refractivity contribution in [2.24, 2.45) is 0 Å². The van der Waals surface area contributed by atoms with Crippen molar-refractivity contribution in [2.45, 2.75) is 13.3 Å². The maximum Gasteiger partial charge on any atom is -0.0106 e. The van der Waals surface area contributed by atoms with Crippen LogP contribution in [0.2, 0.25) is 0 Å². The van der Waals surface area contributed by atoms with Gasteiger partial charge < -0.3 is 0 Å². The molecule has 0 aliphatic heterocycles. The van der Waals surface area contributed by atoms with Gasteiger partial charge in [0.25, 0.3) is 0 Å². The van der Waals surface area contributed by atoms with E-state index in [1.807, 2.05) is 25.2 Å². The van der Waals surface area contributed by atoms with Gasteiger partial charge in [0.15, 0.2) is 0 Å². The van der Waals surface area contributed by atoms with Gasteiger partial charge in [-0.2, -0.15) is 0 Å². The summed E-state index contributed by atoms with van der Waals surface area (Å²) in [6.07, 6.45) is 6.52. The molecule has 10 heavy (non-hydrogen) atoms. The van der Waals surface area contributed by atoms with Crippen LogP contribution >= 0.6 is 0 Å². The molecule has 0 fully saturated rings. The minimum Gasteiger partial charge on any atom is -0.103 e. The SMILES string of the molecule is C=CCC(=C)/C=C(/C)C=C. The van der Waals surface area contributed by atoms with Crippen LogP contribution in [0.25, 0.3) is 0 Å². The van der Waals surface area contributed by atoms with E-state index < -0.39 is 0 Å². The molecule has 0 aromatic heterocycles. The van der Waals surface area contributed by atoms with Gasteiger partial charge in [-0.15, -0.1) is 6.58 Å². The molecule has 0 aromatic rings. The highest BCUT2D eigenvalue weighted by atomic mass is 13.9. The summed E-state index contributed by atoms with van der Waals surface area (Å²) < 4.78 is 0. The van der Waals surface area contributed by atoms with Crippen LogP contribution < -0.4 is 0 Å². The third-order valence-corrected chi connectivity index (χ3v) is 1.16. The van der Waals surface area contributed by atoms with E-state index in [4.69, 9.17) is 0 Å². The van der Waals surface area contributed by atoms with Crippen LogP contribution in [0.1, 0.15) is 13.3 Å². The van der Waals surface area contributed by atoms with E-state index in [1.165, 1.54) is 0 Å². The summed E-state index contributed by atoms with van der Waals surface area (Å²) in [6.45, 7) is 13.1. The van der Waals surface area contributed by atoms with E-state index in [9.17, 15) is 0 Å². The number of rotatable bonds is 4. The third-order valence-electron chi connectivity index (χ3n) is 1.16. The molecule has 0 aliphatic carbocycles. The zero-order chi connectivity index (χ0) is 7.98. The molecule has 0 saturated carbocycles.